The molecule has 1 aliphatic carbocycles. The molecule has 0 fully saturated rings. The minimum atomic E-state index is 0.375. The Labute approximate surface area is 166 Å². The molecule has 10 heteroatoms. The SMILES string of the molecule is COc1ccc(/C=N\n2c(-c3n[nH]c4c3CCC4)n[nH]c2=S)c(OC)c1OC. The van der Waals surface area contributed by atoms with Gasteiger partial charge in [-0.3, -0.25) is 5.10 Å². The molecular formula is C18H20N6O3S. The number of fused-ring (bicyclic) bond motifs is 1. The smallest absolute Gasteiger partial charge is 0.216 e. The summed E-state index contributed by atoms with van der Waals surface area (Å²) < 4.78 is 18.2. The van der Waals surface area contributed by atoms with Gasteiger partial charge in [0, 0.05) is 16.8 Å². The highest BCUT2D eigenvalue weighted by atomic mass is 32.1. The Bertz CT molecular complexity index is 1100. The van der Waals surface area contributed by atoms with E-state index in [9.17, 15) is 0 Å². The number of hydrogen-bond donors (Lipinski definition) is 2. The lowest BCUT2D eigenvalue weighted by Crippen LogP contribution is -2.00. The van der Waals surface area contributed by atoms with E-state index in [0.717, 1.165) is 30.7 Å². The van der Waals surface area contributed by atoms with E-state index in [0.29, 0.717) is 33.4 Å². The van der Waals surface area contributed by atoms with Crippen molar-refractivity contribution in [1.82, 2.24) is 25.1 Å². The first-order chi connectivity index (χ1) is 13.7. The average molecular weight is 400 g/mol. The molecule has 0 amide bonds. The molecule has 0 spiro atoms. The molecule has 146 valence electrons. The molecule has 2 heterocycles. The molecule has 0 saturated carbocycles. The number of nitrogens with zero attached hydrogens (tertiary/aromatic N) is 4. The van der Waals surface area contributed by atoms with Gasteiger partial charge in [-0.15, -0.1) is 0 Å². The summed E-state index contributed by atoms with van der Waals surface area (Å²) in [5, 5.41) is 19.1. The van der Waals surface area contributed by atoms with Crippen LogP contribution in [0.2, 0.25) is 0 Å². The van der Waals surface area contributed by atoms with Gasteiger partial charge in [-0.25, -0.2) is 5.10 Å². The minimum Gasteiger partial charge on any atom is -0.493 e. The van der Waals surface area contributed by atoms with Crippen LogP contribution in [0.5, 0.6) is 17.2 Å². The third kappa shape index (κ3) is 2.95. The first-order valence-corrected chi connectivity index (χ1v) is 9.16. The van der Waals surface area contributed by atoms with Crippen molar-refractivity contribution in [2.45, 2.75) is 19.3 Å². The molecule has 2 aromatic heterocycles. The predicted molar refractivity (Wildman–Crippen MR) is 106 cm³/mol. The Morgan fingerprint density at radius 2 is 1.89 bits per heavy atom. The molecule has 3 aromatic rings. The van der Waals surface area contributed by atoms with Gasteiger partial charge in [0.05, 0.1) is 27.5 Å². The average Bonchev–Trinajstić information content (AvgIpc) is 3.41. The van der Waals surface area contributed by atoms with Crippen molar-refractivity contribution < 1.29 is 14.2 Å². The van der Waals surface area contributed by atoms with Crippen molar-refractivity contribution in [2.75, 3.05) is 21.3 Å². The van der Waals surface area contributed by atoms with Gasteiger partial charge in [-0.2, -0.15) is 20.0 Å². The number of rotatable bonds is 6. The van der Waals surface area contributed by atoms with E-state index in [1.807, 2.05) is 6.07 Å². The molecule has 1 aromatic carbocycles. The molecule has 9 nitrogen and oxygen atoms in total. The lowest BCUT2D eigenvalue weighted by Gasteiger charge is -2.13. The summed E-state index contributed by atoms with van der Waals surface area (Å²) in [6.45, 7) is 0. The number of aryl methyl sites for hydroxylation is 1. The maximum absolute atomic E-state index is 5.50. The fourth-order valence-corrected chi connectivity index (χ4v) is 3.58. The lowest BCUT2D eigenvalue weighted by molar-refractivity contribution is 0.324. The van der Waals surface area contributed by atoms with Crippen LogP contribution in [0.4, 0.5) is 0 Å². The molecule has 2 N–H and O–H groups in total. The van der Waals surface area contributed by atoms with E-state index in [4.69, 9.17) is 26.4 Å². The summed E-state index contributed by atoms with van der Waals surface area (Å²) in [5.74, 6) is 2.15. The van der Waals surface area contributed by atoms with Crippen LogP contribution in [-0.2, 0) is 12.8 Å². The van der Waals surface area contributed by atoms with Crippen LogP contribution in [0.3, 0.4) is 0 Å². The molecule has 0 aliphatic heterocycles. The van der Waals surface area contributed by atoms with Crippen molar-refractivity contribution in [3.8, 4) is 28.8 Å². The second kappa shape index (κ2) is 7.47. The Kier molecular flexibility index (Phi) is 4.86. The van der Waals surface area contributed by atoms with Gasteiger partial charge < -0.3 is 14.2 Å². The Morgan fingerprint density at radius 3 is 2.64 bits per heavy atom. The second-order valence-corrected chi connectivity index (χ2v) is 6.60. The highest BCUT2D eigenvalue weighted by Crippen LogP contribution is 2.39. The molecule has 0 unspecified atom stereocenters. The van der Waals surface area contributed by atoms with E-state index in [-0.39, 0.29) is 0 Å². The van der Waals surface area contributed by atoms with Gasteiger partial charge in [0.15, 0.2) is 11.5 Å². The number of aromatic nitrogens is 5. The maximum Gasteiger partial charge on any atom is 0.216 e. The zero-order chi connectivity index (χ0) is 19.7. The zero-order valence-electron chi connectivity index (χ0n) is 15.8. The van der Waals surface area contributed by atoms with Crippen LogP contribution in [-0.4, -0.2) is 52.6 Å². The number of aromatic amines is 2. The van der Waals surface area contributed by atoms with E-state index in [1.165, 1.54) is 5.56 Å². The number of H-pyrrole nitrogens is 2. The van der Waals surface area contributed by atoms with Crippen LogP contribution in [0.25, 0.3) is 11.5 Å². The largest absolute Gasteiger partial charge is 0.493 e. The Balaban J connectivity index is 1.76. The molecule has 0 bridgehead atoms. The van der Waals surface area contributed by atoms with Crippen LogP contribution in [0, 0.1) is 4.77 Å². The zero-order valence-corrected chi connectivity index (χ0v) is 16.6. The monoisotopic (exact) mass is 400 g/mol. The predicted octanol–water partition coefficient (Wildman–Crippen LogP) is 2.73. The summed E-state index contributed by atoms with van der Waals surface area (Å²) in [5.41, 5.74) is 3.81. The maximum atomic E-state index is 5.50. The van der Waals surface area contributed by atoms with Gasteiger partial charge in [0.2, 0.25) is 16.3 Å². The van der Waals surface area contributed by atoms with E-state index in [2.05, 4.69) is 25.5 Å². The molecule has 28 heavy (non-hydrogen) atoms. The van der Waals surface area contributed by atoms with Gasteiger partial charge in [-0.1, -0.05) is 0 Å². The van der Waals surface area contributed by atoms with Crippen molar-refractivity contribution >= 4 is 18.4 Å². The standard InChI is InChI=1S/C18H20N6O3S/c1-25-13-8-7-10(15(26-2)16(13)27-3)9-19-24-17(22-23-18(24)28)14-11-5-4-6-12(11)20-21-14/h7-9H,4-6H2,1-3H3,(H,20,21)(H,23,28)/b19-9-. The summed E-state index contributed by atoms with van der Waals surface area (Å²) >= 11 is 5.36. The molecule has 4 rings (SSSR count). The highest BCUT2D eigenvalue weighted by Gasteiger charge is 2.23. The summed E-state index contributed by atoms with van der Waals surface area (Å²) in [6, 6.07) is 3.62. The number of hydrogen-bond acceptors (Lipinski definition) is 7. The van der Waals surface area contributed by atoms with Gasteiger partial charge >= 0.3 is 0 Å². The Hall–Kier alpha value is -3.14. The van der Waals surface area contributed by atoms with Crippen molar-refractivity contribution in [1.29, 1.82) is 0 Å². The van der Waals surface area contributed by atoms with Gasteiger partial charge in [0.25, 0.3) is 0 Å². The van der Waals surface area contributed by atoms with Gasteiger partial charge in [0.1, 0.15) is 5.69 Å². The summed E-state index contributed by atoms with van der Waals surface area (Å²) in [7, 11) is 4.70. The number of nitrogens with one attached hydrogen (secondary N) is 2. The number of benzene rings is 1. The van der Waals surface area contributed by atoms with E-state index in [1.54, 1.807) is 38.3 Å². The minimum absolute atomic E-state index is 0.375. The third-order valence-corrected chi connectivity index (χ3v) is 4.98. The quantitative estimate of drug-likeness (QED) is 0.487. The van der Waals surface area contributed by atoms with Crippen LogP contribution in [0.15, 0.2) is 17.2 Å². The molecule has 0 atom stereocenters. The summed E-state index contributed by atoms with van der Waals surface area (Å²) in [6.07, 6.45) is 4.71. The second-order valence-electron chi connectivity index (χ2n) is 6.22. The first-order valence-electron chi connectivity index (χ1n) is 8.75. The topological polar surface area (TPSA) is 102 Å². The lowest BCUT2D eigenvalue weighted by atomic mass is 10.2. The van der Waals surface area contributed by atoms with Gasteiger partial charge in [-0.05, 0) is 43.6 Å². The van der Waals surface area contributed by atoms with Crippen molar-refractivity contribution in [3.05, 3.63) is 33.7 Å². The van der Waals surface area contributed by atoms with Crippen molar-refractivity contribution in [3.63, 3.8) is 0 Å². The normalized spacial score (nSPS) is 13.1. The number of methoxy groups -OCH3 is 3. The fraction of sp³-hybridized carbons (Fsp3) is 0.333. The summed E-state index contributed by atoms with van der Waals surface area (Å²) in [4.78, 5) is 0. The first kappa shape index (κ1) is 18.2. The number of ether oxygens (including phenoxy) is 3. The van der Waals surface area contributed by atoms with E-state index < -0.39 is 0 Å². The third-order valence-electron chi connectivity index (χ3n) is 4.72. The highest BCUT2D eigenvalue weighted by molar-refractivity contribution is 7.71. The molecular weight excluding hydrogens is 380 g/mol. The fourth-order valence-electron chi connectivity index (χ4n) is 3.40. The van der Waals surface area contributed by atoms with Crippen molar-refractivity contribution in [2.24, 2.45) is 5.10 Å². The molecule has 1 aliphatic rings. The Morgan fingerprint density at radius 1 is 1.07 bits per heavy atom. The van der Waals surface area contributed by atoms with Crippen LogP contribution >= 0.6 is 12.2 Å². The molecule has 0 saturated heterocycles. The van der Waals surface area contributed by atoms with E-state index >= 15 is 0 Å². The van der Waals surface area contributed by atoms with Crippen LogP contribution < -0.4 is 14.2 Å². The van der Waals surface area contributed by atoms with Crippen LogP contribution in [0.1, 0.15) is 23.2 Å². The molecule has 0 radical (unpaired) electrons.